The van der Waals surface area contributed by atoms with Crippen LogP contribution in [0.3, 0.4) is 0 Å². The Balaban J connectivity index is 1.72. The molecular formula is C18H21N5O2. The minimum atomic E-state index is -0.340. The molecular weight excluding hydrogens is 318 g/mol. The van der Waals surface area contributed by atoms with Crippen molar-refractivity contribution in [3.05, 3.63) is 53.2 Å². The van der Waals surface area contributed by atoms with E-state index in [2.05, 4.69) is 15.5 Å². The van der Waals surface area contributed by atoms with Gasteiger partial charge in [-0.15, -0.1) is 5.10 Å². The number of nitrogens with one attached hydrogen (secondary N) is 1. The van der Waals surface area contributed by atoms with Crippen molar-refractivity contribution in [1.29, 1.82) is 0 Å². The SMILES string of the molecule is CC(=O)NC(CC(=O)N1CCc2nnc(N)cc2C1)c1ccccc1. The second-order valence-electron chi connectivity index (χ2n) is 6.17. The number of hydrogen-bond acceptors (Lipinski definition) is 5. The summed E-state index contributed by atoms with van der Waals surface area (Å²) in [6.07, 6.45) is 0.872. The van der Waals surface area contributed by atoms with Crippen LogP contribution in [0.2, 0.25) is 0 Å². The molecule has 0 bridgehead atoms. The van der Waals surface area contributed by atoms with E-state index in [0.29, 0.717) is 25.3 Å². The lowest BCUT2D eigenvalue weighted by Crippen LogP contribution is -2.39. The summed E-state index contributed by atoms with van der Waals surface area (Å²) in [5, 5.41) is 10.8. The van der Waals surface area contributed by atoms with Crippen molar-refractivity contribution in [3.8, 4) is 0 Å². The maximum absolute atomic E-state index is 12.8. The second kappa shape index (κ2) is 7.29. The van der Waals surface area contributed by atoms with Crippen LogP contribution in [0.5, 0.6) is 0 Å². The molecule has 7 nitrogen and oxygen atoms in total. The first-order valence-electron chi connectivity index (χ1n) is 8.23. The summed E-state index contributed by atoms with van der Waals surface area (Å²) >= 11 is 0. The molecule has 2 amide bonds. The predicted molar refractivity (Wildman–Crippen MR) is 93.2 cm³/mol. The molecule has 0 saturated carbocycles. The third-order valence-electron chi connectivity index (χ3n) is 4.27. The molecule has 7 heteroatoms. The molecule has 130 valence electrons. The molecule has 25 heavy (non-hydrogen) atoms. The van der Waals surface area contributed by atoms with Crippen LogP contribution in [-0.2, 0) is 22.6 Å². The minimum absolute atomic E-state index is 0.0105. The van der Waals surface area contributed by atoms with Gasteiger partial charge in [0.1, 0.15) is 5.82 Å². The number of carbonyl (C=O) groups excluding carboxylic acids is 2. The van der Waals surface area contributed by atoms with E-state index in [1.54, 1.807) is 11.0 Å². The molecule has 0 saturated heterocycles. The molecule has 1 aliphatic heterocycles. The zero-order valence-electron chi connectivity index (χ0n) is 14.1. The molecule has 0 fully saturated rings. The molecule has 3 rings (SSSR count). The summed E-state index contributed by atoms with van der Waals surface area (Å²) < 4.78 is 0. The highest BCUT2D eigenvalue weighted by Gasteiger charge is 2.25. The number of carbonyl (C=O) groups is 2. The van der Waals surface area contributed by atoms with Crippen LogP contribution < -0.4 is 11.1 Å². The predicted octanol–water partition coefficient (Wildman–Crippen LogP) is 1.21. The Hall–Kier alpha value is -2.96. The van der Waals surface area contributed by atoms with E-state index in [-0.39, 0.29) is 24.3 Å². The van der Waals surface area contributed by atoms with Crippen molar-refractivity contribution in [1.82, 2.24) is 20.4 Å². The van der Waals surface area contributed by atoms with Crippen LogP contribution in [-0.4, -0.2) is 33.5 Å². The molecule has 1 aromatic heterocycles. The second-order valence-corrected chi connectivity index (χ2v) is 6.17. The van der Waals surface area contributed by atoms with Gasteiger partial charge in [-0.05, 0) is 17.2 Å². The van der Waals surface area contributed by atoms with Gasteiger partial charge in [0.2, 0.25) is 11.8 Å². The summed E-state index contributed by atoms with van der Waals surface area (Å²) in [5.74, 6) is 0.186. The molecule has 1 atom stereocenters. The quantitative estimate of drug-likeness (QED) is 0.872. The third kappa shape index (κ3) is 4.12. The Morgan fingerprint density at radius 1 is 1.28 bits per heavy atom. The summed E-state index contributed by atoms with van der Waals surface area (Å²) in [7, 11) is 0. The number of nitrogens with two attached hydrogens (primary N) is 1. The van der Waals surface area contributed by atoms with Crippen LogP contribution in [0.25, 0.3) is 0 Å². The van der Waals surface area contributed by atoms with Gasteiger partial charge >= 0.3 is 0 Å². The van der Waals surface area contributed by atoms with Crippen molar-refractivity contribution in [2.45, 2.75) is 32.4 Å². The van der Waals surface area contributed by atoms with Gasteiger partial charge in [-0.25, -0.2) is 0 Å². The fraction of sp³-hybridized carbons (Fsp3) is 0.333. The van der Waals surface area contributed by atoms with Gasteiger partial charge in [0.25, 0.3) is 0 Å². The number of benzene rings is 1. The van der Waals surface area contributed by atoms with Crippen molar-refractivity contribution >= 4 is 17.6 Å². The summed E-state index contributed by atoms with van der Waals surface area (Å²) in [6.45, 7) is 2.51. The Bertz CT molecular complexity index is 778. The number of fused-ring (bicyclic) bond motifs is 1. The van der Waals surface area contributed by atoms with E-state index in [4.69, 9.17) is 5.73 Å². The zero-order chi connectivity index (χ0) is 17.8. The first-order chi connectivity index (χ1) is 12.0. The van der Waals surface area contributed by atoms with Crippen LogP contribution in [0, 0.1) is 0 Å². The lowest BCUT2D eigenvalue weighted by molar-refractivity contribution is -0.133. The normalized spacial score (nSPS) is 14.5. The molecule has 3 N–H and O–H groups in total. The van der Waals surface area contributed by atoms with Crippen LogP contribution >= 0.6 is 0 Å². The van der Waals surface area contributed by atoms with Crippen LogP contribution in [0.4, 0.5) is 5.82 Å². The maximum Gasteiger partial charge on any atom is 0.225 e. The summed E-state index contributed by atoms with van der Waals surface area (Å²) in [5.41, 5.74) is 8.43. The van der Waals surface area contributed by atoms with Crippen molar-refractivity contribution in [2.75, 3.05) is 12.3 Å². The van der Waals surface area contributed by atoms with Gasteiger partial charge in [0, 0.05) is 26.4 Å². The molecule has 0 spiro atoms. The topological polar surface area (TPSA) is 101 Å². The molecule has 1 aromatic carbocycles. The molecule has 2 aromatic rings. The Kier molecular flexibility index (Phi) is 4.92. The zero-order valence-corrected chi connectivity index (χ0v) is 14.1. The average molecular weight is 339 g/mol. The van der Waals surface area contributed by atoms with Gasteiger partial charge in [0.15, 0.2) is 0 Å². The van der Waals surface area contributed by atoms with E-state index in [1.807, 2.05) is 30.3 Å². The van der Waals surface area contributed by atoms with Gasteiger partial charge in [-0.2, -0.15) is 5.10 Å². The number of nitrogen functional groups attached to an aromatic ring is 1. The van der Waals surface area contributed by atoms with Crippen molar-refractivity contribution < 1.29 is 9.59 Å². The number of anilines is 1. The van der Waals surface area contributed by atoms with E-state index < -0.39 is 0 Å². The number of amides is 2. The average Bonchev–Trinajstić information content (AvgIpc) is 2.60. The van der Waals surface area contributed by atoms with Gasteiger partial charge in [0.05, 0.1) is 18.2 Å². The number of hydrogen-bond donors (Lipinski definition) is 2. The smallest absolute Gasteiger partial charge is 0.225 e. The Morgan fingerprint density at radius 3 is 2.76 bits per heavy atom. The first-order valence-corrected chi connectivity index (χ1v) is 8.23. The number of rotatable bonds is 4. The third-order valence-corrected chi connectivity index (χ3v) is 4.27. The van der Waals surface area contributed by atoms with Crippen molar-refractivity contribution in [2.24, 2.45) is 0 Å². The summed E-state index contributed by atoms with van der Waals surface area (Å²) in [6, 6.07) is 11.0. The standard InChI is InChI=1S/C18H21N5O2/c1-12(24)20-16(13-5-3-2-4-6-13)10-18(25)23-8-7-15-14(11-23)9-17(19)22-21-15/h2-6,9,16H,7-8,10-11H2,1H3,(H2,19,22)(H,20,24). The number of aromatic nitrogens is 2. The van der Waals surface area contributed by atoms with Gasteiger partial charge < -0.3 is 16.0 Å². The fourth-order valence-electron chi connectivity index (χ4n) is 3.05. The highest BCUT2D eigenvalue weighted by molar-refractivity contribution is 5.79. The lowest BCUT2D eigenvalue weighted by Gasteiger charge is -2.29. The van der Waals surface area contributed by atoms with E-state index in [9.17, 15) is 9.59 Å². The van der Waals surface area contributed by atoms with Crippen LogP contribution in [0.1, 0.15) is 36.2 Å². The Labute approximate surface area is 146 Å². The monoisotopic (exact) mass is 339 g/mol. The summed E-state index contributed by atoms with van der Waals surface area (Å²) in [4.78, 5) is 26.1. The lowest BCUT2D eigenvalue weighted by atomic mass is 10.0. The number of nitrogens with zero attached hydrogens (tertiary/aromatic N) is 3. The van der Waals surface area contributed by atoms with Gasteiger partial charge in [-0.3, -0.25) is 9.59 Å². The van der Waals surface area contributed by atoms with Gasteiger partial charge in [-0.1, -0.05) is 30.3 Å². The van der Waals surface area contributed by atoms with Crippen LogP contribution in [0.15, 0.2) is 36.4 Å². The molecule has 1 unspecified atom stereocenters. The first kappa shape index (κ1) is 16.9. The Morgan fingerprint density at radius 2 is 2.04 bits per heavy atom. The van der Waals surface area contributed by atoms with Crippen molar-refractivity contribution in [3.63, 3.8) is 0 Å². The van der Waals surface area contributed by atoms with E-state index >= 15 is 0 Å². The molecule has 1 aliphatic rings. The fourth-order valence-corrected chi connectivity index (χ4v) is 3.05. The van der Waals surface area contributed by atoms with E-state index in [1.165, 1.54) is 6.92 Å². The molecule has 2 heterocycles. The highest BCUT2D eigenvalue weighted by atomic mass is 16.2. The highest BCUT2D eigenvalue weighted by Crippen LogP contribution is 2.22. The minimum Gasteiger partial charge on any atom is -0.382 e. The van der Waals surface area contributed by atoms with E-state index in [0.717, 1.165) is 16.8 Å². The largest absolute Gasteiger partial charge is 0.382 e. The molecule has 0 radical (unpaired) electrons. The molecule has 0 aliphatic carbocycles. The maximum atomic E-state index is 12.8.